The van der Waals surface area contributed by atoms with Crippen molar-refractivity contribution in [3.05, 3.63) is 17.8 Å². The Labute approximate surface area is 145 Å². The molecule has 2 atom stereocenters. The van der Waals surface area contributed by atoms with Crippen LogP contribution in [0.4, 0.5) is 5.82 Å². The molecule has 0 radical (unpaired) electrons. The van der Waals surface area contributed by atoms with Crippen LogP contribution in [0.2, 0.25) is 0 Å². The number of nitrogens with one attached hydrogen (secondary N) is 2. The Hall–Kier alpha value is -2.24. The van der Waals surface area contributed by atoms with Crippen molar-refractivity contribution in [3.63, 3.8) is 0 Å². The van der Waals surface area contributed by atoms with E-state index in [-0.39, 0.29) is 5.92 Å². The van der Waals surface area contributed by atoms with Crippen molar-refractivity contribution in [1.82, 2.24) is 10.3 Å². The molecule has 130 valence electrons. The van der Waals surface area contributed by atoms with Crippen LogP contribution in [0.25, 0.3) is 0 Å². The van der Waals surface area contributed by atoms with E-state index in [1.807, 2.05) is 19.2 Å². The van der Waals surface area contributed by atoms with Crippen LogP contribution in [0, 0.1) is 35.0 Å². The standard InChI is InChI=1S/C19H28N4O/c1-5-8-11-24-18-10-9-17(23-19(18)21-4)14-22-13-16(7-3)15(6-2)12-20/h9-10,15-16,22H,6-7,11,13-14H2,1-4H3,(H,21,23). The number of ether oxygens (including phenoxy) is 1. The lowest BCUT2D eigenvalue weighted by molar-refractivity contribution is 0.358. The SMILES string of the molecule is CC#CCOc1ccc(CNCC(CC)C(C#N)CC)nc1NC. The van der Waals surface area contributed by atoms with Gasteiger partial charge >= 0.3 is 0 Å². The topological polar surface area (TPSA) is 70.0 Å². The molecule has 0 bridgehead atoms. The van der Waals surface area contributed by atoms with E-state index in [9.17, 15) is 5.26 Å². The van der Waals surface area contributed by atoms with Gasteiger partial charge in [-0.15, -0.1) is 5.92 Å². The second-order valence-electron chi connectivity index (χ2n) is 5.56. The zero-order chi connectivity index (χ0) is 17.8. The van der Waals surface area contributed by atoms with Crippen LogP contribution in [-0.4, -0.2) is 25.2 Å². The Morgan fingerprint density at radius 2 is 2.08 bits per heavy atom. The summed E-state index contributed by atoms with van der Waals surface area (Å²) in [6, 6.07) is 6.27. The van der Waals surface area contributed by atoms with E-state index in [0.717, 1.165) is 25.1 Å². The van der Waals surface area contributed by atoms with E-state index >= 15 is 0 Å². The molecule has 0 spiro atoms. The van der Waals surface area contributed by atoms with Crippen molar-refractivity contribution in [2.45, 2.75) is 40.2 Å². The number of hydrogen-bond acceptors (Lipinski definition) is 5. The van der Waals surface area contributed by atoms with E-state index in [2.05, 4.69) is 47.4 Å². The maximum atomic E-state index is 9.21. The van der Waals surface area contributed by atoms with Crippen molar-refractivity contribution in [1.29, 1.82) is 5.26 Å². The number of aromatic nitrogens is 1. The highest BCUT2D eigenvalue weighted by molar-refractivity contribution is 5.50. The first-order valence-corrected chi connectivity index (χ1v) is 8.50. The Balaban J connectivity index is 2.61. The van der Waals surface area contributed by atoms with E-state index in [0.29, 0.717) is 30.6 Å². The van der Waals surface area contributed by atoms with Crippen LogP contribution in [0.1, 0.15) is 39.3 Å². The highest BCUT2D eigenvalue weighted by atomic mass is 16.5. The van der Waals surface area contributed by atoms with E-state index in [4.69, 9.17) is 4.74 Å². The first-order valence-electron chi connectivity index (χ1n) is 8.50. The summed E-state index contributed by atoms with van der Waals surface area (Å²) in [6.07, 6.45) is 1.89. The summed E-state index contributed by atoms with van der Waals surface area (Å²) in [5.74, 6) is 7.57. The molecular weight excluding hydrogens is 300 g/mol. The van der Waals surface area contributed by atoms with E-state index in [1.54, 1.807) is 6.92 Å². The largest absolute Gasteiger partial charge is 0.477 e. The summed E-state index contributed by atoms with van der Waals surface area (Å²) in [7, 11) is 1.82. The molecule has 5 heteroatoms. The van der Waals surface area contributed by atoms with Gasteiger partial charge in [0, 0.05) is 13.6 Å². The smallest absolute Gasteiger partial charge is 0.168 e. The van der Waals surface area contributed by atoms with Gasteiger partial charge in [0.15, 0.2) is 11.6 Å². The second-order valence-corrected chi connectivity index (χ2v) is 5.56. The zero-order valence-corrected chi connectivity index (χ0v) is 15.1. The minimum Gasteiger partial charge on any atom is -0.477 e. The Morgan fingerprint density at radius 3 is 2.67 bits per heavy atom. The molecular formula is C19H28N4O. The van der Waals surface area contributed by atoms with Crippen molar-refractivity contribution in [2.24, 2.45) is 11.8 Å². The van der Waals surface area contributed by atoms with Crippen LogP contribution in [0.3, 0.4) is 0 Å². The molecule has 1 rings (SSSR count). The van der Waals surface area contributed by atoms with Gasteiger partial charge in [0.05, 0.1) is 17.7 Å². The second kappa shape index (κ2) is 11.3. The Kier molecular flexibility index (Phi) is 9.34. The molecule has 0 aliphatic carbocycles. The molecule has 0 fully saturated rings. The maximum Gasteiger partial charge on any atom is 0.168 e. The fourth-order valence-corrected chi connectivity index (χ4v) is 2.55. The van der Waals surface area contributed by atoms with Gasteiger partial charge in [-0.1, -0.05) is 26.2 Å². The summed E-state index contributed by atoms with van der Waals surface area (Å²) < 4.78 is 5.59. The first-order chi connectivity index (χ1) is 11.7. The van der Waals surface area contributed by atoms with Gasteiger partial charge in [-0.05, 0) is 37.9 Å². The molecule has 0 amide bonds. The third kappa shape index (κ3) is 6.10. The minimum absolute atomic E-state index is 0.110. The monoisotopic (exact) mass is 328 g/mol. The Bertz CT molecular complexity index is 598. The quantitative estimate of drug-likeness (QED) is 0.646. The van der Waals surface area contributed by atoms with Crippen molar-refractivity contribution in [3.8, 4) is 23.7 Å². The third-order valence-electron chi connectivity index (χ3n) is 4.04. The molecule has 0 aliphatic rings. The molecule has 1 heterocycles. The molecule has 2 unspecified atom stereocenters. The lowest BCUT2D eigenvalue weighted by atomic mass is 9.89. The van der Waals surface area contributed by atoms with Gasteiger partial charge in [-0.2, -0.15) is 5.26 Å². The summed E-state index contributed by atoms with van der Waals surface area (Å²) >= 11 is 0. The van der Waals surface area contributed by atoms with Crippen LogP contribution in [0.15, 0.2) is 12.1 Å². The number of anilines is 1. The summed E-state index contributed by atoms with van der Waals surface area (Å²) in [4.78, 5) is 4.57. The maximum absolute atomic E-state index is 9.21. The molecule has 0 saturated carbocycles. The zero-order valence-electron chi connectivity index (χ0n) is 15.1. The third-order valence-corrected chi connectivity index (χ3v) is 4.04. The van der Waals surface area contributed by atoms with Crippen LogP contribution >= 0.6 is 0 Å². The normalized spacial score (nSPS) is 12.5. The minimum atomic E-state index is 0.110. The van der Waals surface area contributed by atoms with Crippen molar-refractivity contribution >= 4 is 5.82 Å². The lowest BCUT2D eigenvalue weighted by Gasteiger charge is -2.19. The van der Waals surface area contributed by atoms with Crippen LogP contribution in [0.5, 0.6) is 5.75 Å². The highest BCUT2D eigenvalue weighted by Gasteiger charge is 2.17. The first kappa shape index (κ1) is 19.8. The van der Waals surface area contributed by atoms with Gasteiger partial charge in [-0.3, -0.25) is 0 Å². The Morgan fingerprint density at radius 1 is 1.29 bits per heavy atom. The van der Waals surface area contributed by atoms with Crippen LogP contribution in [-0.2, 0) is 6.54 Å². The molecule has 0 aliphatic heterocycles. The van der Waals surface area contributed by atoms with Gasteiger partial charge in [0.1, 0.15) is 6.61 Å². The molecule has 1 aromatic heterocycles. The molecule has 24 heavy (non-hydrogen) atoms. The van der Waals surface area contributed by atoms with Gasteiger partial charge < -0.3 is 15.4 Å². The average molecular weight is 328 g/mol. The number of hydrogen-bond donors (Lipinski definition) is 2. The highest BCUT2D eigenvalue weighted by Crippen LogP contribution is 2.22. The summed E-state index contributed by atoms with van der Waals surface area (Å²) in [5, 5.41) is 15.7. The number of pyridine rings is 1. The number of nitrogens with zero attached hydrogens (tertiary/aromatic N) is 2. The number of rotatable bonds is 10. The van der Waals surface area contributed by atoms with Crippen molar-refractivity contribution in [2.75, 3.05) is 25.5 Å². The number of nitriles is 1. The summed E-state index contributed by atoms with van der Waals surface area (Å²) in [5.41, 5.74) is 0.938. The molecule has 5 nitrogen and oxygen atoms in total. The fourth-order valence-electron chi connectivity index (χ4n) is 2.55. The van der Waals surface area contributed by atoms with E-state index < -0.39 is 0 Å². The fraction of sp³-hybridized carbons (Fsp3) is 0.579. The van der Waals surface area contributed by atoms with Gasteiger partial charge in [0.2, 0.25) is 0 Å². The summed E-state index contributed by atoms with van der Waals surface area (Å²) in [6.45, 7) is 7.84. The molecule has 1 aromatic rings. The molecule has 0 saturated heterocycles. The predicted octanol–water partition coefficient (Wildman–Crippen LogP) is 3.19. The average Bonchev–Trinajstić information content (AvgIpc) is 2.62. The van der Waals surface area contributed by atoms with E-state index in [1.165, 1.54) is 0 Å². The van der Waals surface area contributed by atoms with Crippen LogP contribution < -0.4 is 15.4 Å². The van der Waals surface area contributed by atoms with Crippen molar-refractivity contribution < 1.29 is 4.74 Å². The van der Waals surface area contributed by atoms with Gasteiger partial charge in [-0.25, -0.2) is 4.98 Å². The predicted molar refractivity (Wildman–Crippen MR) is 97.6 cm³/mol. The molecule has 2 N–H and O–H groups in total. The van der Waals surface area contributed by atoms with Gasteiger partial charge in [0.25, 0.3) is 0 Å². The molecule has 0 aromatic carbocycles. The lowest BCUT2D eigenvalue weighted by Crippen LogP contribution is -2.27.